The Balaban J connectivity index is 1.92. The van der Waals surface area contributed by atoms with Crippen LogP contribution in [-0.4, -0.2) is 45.5 Å². The molecule has 0 aliphatic carbocycles. The van der Waals surface area contributed by atoms with Gasteiger partial charge in [-0.3, -0.25) is 10.1 Å². The average Bonchev–Trinajstić information content (AvgIpc) is 2.81. The first-order chi connectivity index (χ1) is 16.7. The third kappa shape index (κ3) is 7.55. The van der Waals surface area contributed by atoms with Crippen molar-refractivity contribution >= 4 is 82.4 Å². The highest BCUT2D eigenvalue weighted by molar-refractivity contribution is 9.11. The van der Waals surface area contributed by atoms with Crippen molar-refractivity contribution in [3.8, 4) is 0 Å². The lowest BCUT2D eigenvalue weighted by Gasteiger charge is -2.20. The molecule has 10 heteroatoms. The maximum absolute atomic E-state index is 11.4. The summed E-state index contributed by atoms with van der Waals surface area (Å²) in [6.45, 7) is 9.58. The third-order valence-electron chi connectivity index (χ3n) is 5.74. The molecular formula is C25H28Br3N5O2. The molecule has 0 unspecified atom stereocenters. The van der Waals surface area contributed by atoms with E-state index < -0.39 is 4.92 Å². The van der Waals surface area contributed by atoms with E-state index in [1.165, 1.54) is 12.1 Å². The molecule has 1 atom stereocenters. The van der Waals surface area contributed by atoms with Crippen LogP contribution in [0, 0.1) is 10.1 Å². The highest BCUT2D eigenvalue weighted by Crippen LogP contribution is 2.32. The quantitative estimate of drug-likeness (QED) is 0.165. The van der Waals surface area contributed by atoms with Crippen molar-refractivity contribution in [2.24, 2.45) is 0 Å². The summed E-state index contributed by atoms with van der Waals surface area (Å²) in [6, 6.07) is 8.77. The number of benzene rings is 2. The Labute approximate surface area is 230 Å². The third-order valence-corrected chi connectivity index (χ3v) is 7.51. The van der Waals surface area contributed by atoms with Crippen molar-refractivity contribution in [3.05, 3.63) is 65.3 Å². The molecule has 35 heavy (non-hydrogen) atoms. The standard InChI is InChI=1S/C25H28Br3N5O2/c1-4-32(5-2)12-6-7-16(3)29-25-20-15-18(33(34)35)8-10-23(20)30-24(31-25)11-9-19-21(27)13-17(26)14-22(19)28/h8-11,13-16H,4-7,12H2,1-3H3,(H,29,30,31)/b11-9+/t16-/m1/s1. The molecule has 3 aromatic rings. The Morgan fingerprint density at radius 3 is 2.40 bits per heavy atom. The second-order valence-corrected chi connectivity index (χ2v) is 10.8. The highest BCUT2D eigenvalue weighted by Gasteiger charge is 2.15. The maximum atomic E-state index is 11.4. The summed E-state index contributed by atoms with van der Waals surface area (Å²) in [5, 5.41) is 15.5. The van der Waals surface area contributed by atoms with Gasteiger partial charge in [0.15, 0.2) is 5.82 Å². The van der Waals surface area contributed by atoms with Gasteiger partial charge in [0.25, 0.3) is 5.69 Å². The summed E-state index contributed by atoms with van der Waals surface area (Å²) in [4.78, 5) is 22.7. The van der Waals surface area contributed by atoms with Crippen molar-refractivity contribution in [2.45, 2.75) is 39.7 Å². The van der Waals surface area contributed by atoms with Gasteiger partial charge in [0.1, 0.15) is 5.82 Å². The monoisotopic (exact) mass is 667 g/mol. The molecule has 186 valence electrons. The van der Waals surface area contributed by atoms with Crippen LogP contribution >= 0.6 is 47.8 Å². The maximum Gasteiger partial charge on any atom is 0.270 e. The van der Waals surface area contributed by atoms with Crippen molar-refractivity contribution in [2.75, 3.05) is 25.0 Å². The van der Waals surface area contributed by atoms with Crippen molar-refractivity contribution in [1.29, 1.82) is 0 Å². The normalized spacial score (nSPS) is 12.5. The molecular weight excluding hydrogens is 642 g/mol. The van der Waals surface area contributed by atoms with E-state index >= 15 is 0 Å². The van der Waals surface area contributed by atoms with Gasteiger partial charge in [0.2, 0.25) is 0 Å². The second kappa shape index (κ2) is 12.9. The fraction of sp³-hybridized carbons (Fsp3) is 0.360. The van der Waals surface area contributed by atoms with Gasteiger partial charge in [-0.05, 0) is 69.8 Å². The predicted octanol–water partition coefficient (Wildman–Crippen LogP) is 7.92. The Hall–Kier alpha value is -1.88. The molecule has 7 nitrogen and oxygen atoms in total. The molecule has 0 fully saturated rings. The number of anilines is 1. The summed E-state index contributed by atoms with van der Waals surface area (Å²) < 4.78 is 2.80. The molecule has 0 aliphatic heterocycles. The highest BCUT2D eigenvalue weighted by atomic mass is 79.9. The van der Waals surface area contributed by atoms with Crippen LogP contribution in [0.25, 0.3) is 23.1 Å². The molecule has 0 spiro atoms. The van der Waals surface area contributed by atoms with Crippen molar-refractivity contribution in [1.82, 2.24) is 14.9 Å². The van der Waals surface area contributed by atoms with Crippen LogP contribution in [-0.2, 0) is 0 Å². The number of nitro benzene ring substituents is 1. The van der Waals surface area contributed by atoms with Crippen molar-refractivity contribution < 1.29 is 4.92 Å². The van der Waals surface area contributed by atoms with E-state index in [1.54, 1.807) is 6.07 Å². The van der Waals surface area contributed by atoms with Gasteiger partial charge in [-0.1, -0.05) is 61.6 Å². The molecule has 1 aromatic heterocycles. The molecule has 0 amide bonds. The van der Waals surface area contributed by atoms with E-state index in [9.17, 15) is 10.1 Å². The molecule has 2 aromatic carbocycles. The van der Waals surface area contributed by atoms with Gasteiger partial charge in [0.05, 0.1) is 10.4 Å². The summed E-state index contributed by atoms with van der Waals surface area (Å²) in [7, 11) is 0. The van der Waals surface area contributed by atoms with Gasteiger partial charge >= 0.3 is 0 Å². The van der Waals surface area contributed by atoms with Crippen LogP contribution in [0.1, 0.15) is 45.0 Å². The minimum atomic E-state index is -0.396. The number of nitrogens with one attached hydrogen (secondary N) is 1. The van der Waals surface area contributed by atoms with Gasteiger partial charge < -0.3 is 10.2 Å². The Morgan fingerprint density at radius 2 is 1.77 bits per heavy atom. The van der Waals surface area contributed by atoms with E-state index in [0.717, 1.165) is 51.5 Å². The van der Waals surface area contributed by atoms with Crippen LogP contribution in [0.3, 0.4) is 0 Å². The molecule has 3 rings (SSSR count). The first kappa shape index (κ1) is 27.7. The van der Waals surface area contributed by atoms with E-state index in [1.807, 2.05) is 24.3 Å². The fourth-order valence-corrected chi connectivity index (χ4v) is 6.29. The summed E-state index contributed by atoms with van der Waals surface area (Å²) >= 11 is 10.7. The largest absolute Gasteiger partial charge is 0.367 e. The lowest BCUT2D eigenvalue weighted by atomic mass is 10.1. The number of rotatable bonds is 11. The first-order valence-corrected chi connectivity index (χ1v) is 13.9. The minimum Gasteiger partial charge on any atom is -0.367 e. The zero-order valence-corrected chi connectivity index (χ0v) is 24.7. The summed E-state index contributed by atoms with van der Waals surface area (Å²) in [5.74, 6) is 1.12. The second-order valence-electron chi connectivity index (χ2n) is 8.22. The molecule has 1 N–H and O–H groups in total. The first-order valence-electron chi connectivity index (χ1n) is 11.5. The number of hydrogen-bond acceptors (Lipinski definition) is 6. The predicted molar refractivity (Wildman–Crippen MR) is 155 cm³/mol. The van der Waals surface area contributed by atoms with Gasteiger partial charge in [-0.2, -0.15) is 0 Å². The van der Waals surface area contributed by atoms with Crippen LogP contribution in [0.5, 0.6) is 0 Å². The number of fused-ring (bicyclic) bond motifs is 1. The van der Waals surface area contributed by atoms with E-state index in [0.29, 0.717) is 22.5 Å². The number of nitrogens with zero attached hydrogens (tertiary/aromatic N) is 4. The van der Waals surface area contributed by atoms with E-state index in [2.05, 4.69) is 83.8 Å². The fourth-order valence-electron chi connectivity index (χ4n) is 3.77. The SMILES string of the molecule is CCN(CC)CCC[C@@H](C)Nc1nc(/C=C/c2c(Br)cc(Br)cc2Br)nc2ccc([N+](=O)[O-])cc12. The van der Waals surface area contributed by atoms with Crippen LogP contribution < -0.4 is 5.32 Å². The van der Waals surface area contributed by atoms with Crippen molar-refractivity contribution in [3.63, 3.8) is 0 Å². The van der Waals surface area contributed by atoms with E-state index in [4.69, 9.17) is 4.98 Å². The topological polar surface area (TPSA) is 84.2 Å². The molecule has 0 bridgehead atoms. The molecule has 0 radical (unpaired) electrons. The summed E-state index contributed by atoms with van der Waals surface area (Å²) in [5.41, 5.74) is 1.63. The number of aromatic nitrogens is 2. The zero-order chi connectivity index (χ0) is 25.5. The lowest BCUT2D eigenvalue weighted by Crippen LogP contribution is -2.25. The Kier molecular flexibility index (Phi) is 10.2. The van der Waals surface area contributed by atoms with Crippen LogP contribution in [0.2, 0.25) is 0 Å². The van der Waals surface area contributed by atoms with Crippen LogP contribution in [0.15, 0.2) is 43.7 Å². The van der Waals surface area contributed by atoms with Gasteiger partial charge in [-0.25, -0.2) is 9.97 Å². The average molecular weight is 670 g/mol. The number of nitro groups is 1. The summed E-state index contributed by atoms with van der Waals surface area (Å²) in [6.07, 6.45) is 5.79. The number of hydrogen-bond donors (Lipinski definition) is 1. The minimum absolute atomic E-state index is 0.0179. The Bertz CT molecular complexity index is 1210. The zero-order valence-electron chi connectivity index (χ0n) is 19.9. The number of halogens is 3. The van der Waals surface area contributed by atoms with Crippen LogP contribution in [0.4, 0.5) is 11.5 Å². The molecule has 0 saturated carbocycles. The lowest BCUT2D eigenvalue weighted by molar-refractivity contribution is -0.384. The smallest absolute Gasteiger partial charge is 0.270 e. The Morgan fingerprint density at radius 1 is 1.09 bits per heavy atom. The molecule has 0 aliphatic rings. The van der Waals surface area contributed by atoms with E-state index in [-0.39, 0.29) is 11.7 Å². The molecule has 0 saturated heterocycles. The number of non-ortho nitro benzene ring substituents is 1. The molecule has 1 heterocycles. The van der Waals surface area contributed by atoms with Gasteiger partial charge in [-0.15, -0.1) is 0 Å². The van der Waals surface area contributed by atoms with Gasteiger partial charge in [0, 0.05) is 42.5 Å².